The van der Waals surface area contributed by atoms with Crippen molar-refractivity contribution >= 4 is 40.2 Å². The maximum absolute atomic E-state index is 6.11. The molecule has 19 heavy (non-hydrogen) atoms. The number of rotatable bonds is 3. The van der Waals surface area contributed by atoms with Crippen LogP contribution in [0.2, 0.25) is 10.0 Å². The van der Waals surface area contributed by atoms with Crippen LogP contribution in [0.3, 0.4) is 0 Å². The summed E-state index contributed by atoms with van der Waals surface area (Å²) in [4.78, 5) is 4.39. The van der Waals surface area contributed by atoms with Crippen LogP contribution in [0.5, 0.6) is 0 Å². The maximum Gasteiger partial charge on any atom is 0.201 e. The number of fused-ring (bicyclic) bond motifs is 1. The van der Waals surface area contributed by atoms with Gasteiger partial charge < -0.3 is 10.3 Å². The Morgan fingerprint density at radius 1 is 1.32 bits per heavy atom. The van der Waals surface area contributed by atoms with Gasteiger partial charge in [-0.2, -0.15) is 0 Å². The first-order valence-corrected chi connectivity index (χ1v) is 7.41. The number of aromatic nitrogens is 2. The second-order valence-electron chi connectivity index (χ2n) is 5.52. The van der Waals surface area contributed by atoms with Crippen molar-refractivity contribution in [2.24, 2.45) is 5.41 Å². The van der Waals surface area contributed by atoms with Crippen molar-refractivity contribution in [2.45, 2.75) is 39.2 Å². The Bertz CT molecular complexity index is 624. The molecule has 2 aromatic rings. The van der Waals surface area contributed by atoms with Crippen LogP contribution in [0.1, 0.15) is 32.6 Å². The summed E-state index contributed by atoms with van der Waals surface area (Å²) in [6.45, 7) is 3.17. The van der Waals surface area contributed by atoms with Gasteiger partial charge in [0.1, 0.15) is 0 Å². The molecule has 102 valence electrons. The zero-order valence-electron chi connectivity index (χ0n) is 10.9. The largest absolute Gasteiger partial charge is 0.369 e. The van der Waals surface area contributed by atoms with Gasteiger partial charge in [-0.1, -0.05) is 36.5 Å². The minimum absolute atomic E-state index is 0.383. The molecule has 3 rings (SSSR count). The number of nitrogen functional groups attached to an aromatic ring is 1. The lowest BCUT2D eigenvalue weighted by molar-refractivity contribution is 0.103. The van der Waals surface area contributed by atoms with Gasteiger partial charge in [0.05, 0.1) is 21.1 Å². The number of halogens is 2. The molecule has 1 saturated carbocycles. The Balaban J connectivity index is 2.07. The number of benzene rings is 1. The van der Waals surface area contributed by atoms with E-state index in [0.29, 0.717) is 21.4 Å². The van der Waals surface area contributed by atoms with Crippen LogP contribution in [0.15, 0.2) is 12.1 Å². The molecule has 1 heterocycles. The van der Waals surface area contributed by atoms with E-state index in [1.165, 1.54) is 25.7 Å². The summed E-state index contributed by atoms with van der Waals surface area (Å²) in [5.41, 5.74) is 8.24. The van der Waals surface area contributed by atoms with Crippen molar-refractivity contribution in [2.75, 3.05) is 5.73 Å². The molecule has 0 saturated heterocycles. The number of nitrogens with zero attached hydrogens (tertiary/aromatic N) is 2. The number of nitrogens with two attached hydrogens (primary N) is 1. The third kappa shape index (κ3) is 2.09. The molecular formula is C14H17Cl2N3. The lowest BCUT2D eigenvalue weighted by atomic mass is 9.67. The lowest BCUT2D eigenvalue weighted by Gasteiger charge is -2.41. The molecule has 0 bridgehead atoms. The highest BCUT2D eigenvalue weighted by molar-refractivity contribution is 6.42. The summed E-state index contributed by atoms with van der Waals surface area (Å²) in [5.74, 6) is 0.549. The van der Waals surface area contributed by atoms with Crippen LogP contribution in [0.25, 0.3) is 11.0 Å². The summed E-state index contributed by atoms with van der Waals surface area (Å²) < 4.78 is 2.08. The third-order valence-electron chi connectivity index (χ3n) is 4.48. The minimum atomic E-state index is 0.383. The van der Waals surface area contributed by atoms with E-state index in [1.807, 2.05) is 6.07 Å². The van der Waals surface area contributed by atoms with Crippen LogP contribution >= 0.6 is 23.2 Å². The second-order valence-corrected chi connectivity index (χ2v) is 6.33. The van der Waals surface area contributed by atoms with Gasteiger partial charge in [-0.3, -0.25) is 0 Å². The van der Waals surface area contributed by atoms with Gasteiger partial charge in [0, 0.05) is 6.54 Å². The average Bonchev–Trinajstić information content (AvgIpc) is 2.61. The first-order chi connectivity index (χ1) is 9.04. The van der Waals surface area contributed by atoms with Crippen LogP contribution in [0, 0.1) is 5.41 Å². The fraction of sp³-hybridized carbons (Fsp3) is 0.500. The zero-order valence-corrected chi connectivity index (χ0v) is 12.4. The highest BCUT2D eigenvalue weighted by Gasteiger charge is 2.36. The fourth-order valence-electron chi connectivity index (χ4n) is 2.94. The highest BCUT2D eigenvalue weighted by Crippen LogP contribution is 2.46. The van der Waals surface area contributed by atoms with Crippen LogP contribution in [-0.4, -0.2) is 9.55 Å². The number of anilines is 1. The minimum Gasteiger partial charge on any atom is -0.369 e. The predicted molar refractivity (Wildman–Crippen MR) is 80.7 cm³/mol. The molecule has 0 amide bonds. The van der Waals surface area contributed by atoms with E-state index >= 15 is 0 Å². The molecule has 0 aliphatic heterocycles. The van der Waals surface area contributed by atoms with Crippen LogP contribution in [-0.2, 0) is 6.54 Å². The van der Waals surface area contributed by atoms with E-state index in [9.17, 15) is 0 Å². The molecule has 1 fully saturated rings. The Morgan fingerprint density at radius 2 is 2.00 bits per heavy atom. The van der Waals surface area contributed by atoms with E-state index in [-0.39, 0.29) is 0 Å². The summed E-state index contributed by atoms with van der Waals surface area (Å²) in [7, 11) is 0. The smallest absolute Gasteiger partial charge is 0.201 e. The molecule has 1 aliphatic carbocycles. The summed E-state index contributed by atoms with van der Waals surface area (Å²) in [6, 6.07) is 3.65. The van der Waals surface area contributed by atoms with Gasteiger partial charge in [-0.05, 0) is 36.8 Å². The molecule has 0 radical (unpaired) electrons. The highest BCUT2D eigenvalue weighted by atomic mass is 35.5. The van der Waals surface area contributed by atoms with Crippen molar-refractivity contribution in [3.05, 3.63) is 22.2 Å². The van der Waals surface area contributed by atoms with E-state index in [2.05, 4.69) is 16.5 Å². The normalized spacial score (nSPS) is 17.6. The van der Waals surface area contributed by atoms with E-state index in [4.69, 9.17) is 28.9 Å². The van der Waals surface area contributed by atoms with Crippen molar-refractivity contribution in [1.29, 1.82) is 0 Å². The number of hydrogen-bond donors (Lipinski definition) is 1. The monoisotopic (exact) mass is 297 g/mol. The van der Waals surface area contributed by atoms with Gasteiger partial charge in [0.2, 0.25) is 5.95 Å². The van der Waals surface area contributed by atoms with Crippen molar-refractivity contribution in [1.82, 2.24) is 9.55 Å². The van der Waals surface area contributed by atoms with Gasteiger partial charge in [0.15, 0.2) is 0 Å². The van der Waals surface area contributed by atoms with Gasteiger partial charge >= 0.3 is 0 Å². The van der Waals surface area contributed by atoms with Crippen LogP contribution in [0.4, 0.5) is 5.95 Å². The Kier molecular flexibility index (Phi) is 3.14. The Labute approximate surface area is 122 Å². The lowest BCUT2D eigenvalue weighted by Crippen LogP contribution is -2.33. The SMILES string of the molecule is CCC1(Cn2c(N)nc3cc(Cl)c(Cl)cc32)CCC1. The molecule has 0 atom stereocenters. The topological polar surface area (TPSA) is 43.8 Å². The molecule has 0 unspecified atom stereocenters. The van der Waals surface area contributed by atoms with Crippen LogP contribution < -0.4 is 5.73 Å². The predicted octanol–water partition coefficient (Wildman–Crippen LogP) is 4.51. The van der Waals surface area contributed by atoms with Crippen molar-refractivity contribution in [3.8, 4) is 0 Å². The van der Waals surface area contributed by atoms with Crippen molar-refractivity contribution < 1.29 is 0 Å². The number of hydrogen-bond acceptors (Lipinski definition) is 2. The molecule has 1 aromatic heterocycles. The van der Waals surface area contributed by atoms with Crippen molar-refractivity contribution in [3.63, 3.8) is 0 Å². The maximum atomic E-state index is 6.11. The quantitative estimate of drug-likeness (QED) is 0.906. The summed E-state index contributed by atoms with van der Waals surface area (Å²) in [5, 5.41) is 1.07. The number of imidazole rings is 1. The first kappa shape index (κ1) is 13.1. The van der Waals surface area contributed by atoms with Gasteiger partial charge in [-0.15, -0.1) is 0 Å². The second kappa shape index (κ2) is 4.57. The van der Waals surface area contributed by atoms with E-state index < -0.39 is 0 Å². The Morgan fingerprint density at radius 3 is 2.58 bits per heavy atom. The standard InChI is InChI=1S/C14H17Cl2N3/c1-2-14(4-3-5-14)8-19-12-7-10(16)9(15)6-11(12)18-13(19)17/h6-7H,2-5,8H2,1H3,(H2,17,18). The van der Waals surface area contributed by atoms with E-state index in [0.717, 1.165) is 17.6 Å². The molecule has 2 N–H and O–H groups in total. The molecular weight excluding hydrogens is 281 g/mol. The average molecular weight is 298 g/mol. The molecule has 1 aromatic carbocycles. The molecule has 3 nitrogen and oxygen atoms in total. The first-order valence-electron chi connectivity index (χ1n) is 6.65. The molecule has 5 heteroatoms. The Hall–Kier alpha value is -0.930. The van der Waals surface area contributed by atoms with Gasteiger partial charge in [-0.25, -0.2) is 4.98 Å². The summed E-state index contributed by atoms with van der Waals surface area (Å²) in [6.07, 6.45) is 5.02. The van der Waals surface area contributed by atoms with Gasteiger partial charge in [0.25, 0.3) is 0 Å². The molecule has 0 spiro atoms. The third-order valence-corrected chi connectivity index (χ3v) is 5.20. The zero-order chi connectivity index (χ0) is 13.6. The fourth-order valence-corrected chi connectivity index (χ4v) is 3.26. The van der Waals surface area contributed by atoms with E-state index in [1.54, 1.807) is 6.07 Å². The molecule has 1 aliphatic rings. The summed E-state index contributed by atoms with van der Waals surface area (Å²) >= 11 is 12.1.